The van der Waals surface area contributed by atoms with Crippen molar-refractivity contribution in [3.8, 4) is 5.75 Å². The molecule has 0 saturated heterocycles. The van der Waals surface area contributed by atoms with Crippen molar-refractivity contribution in [3.05, 3.63) is 119 Å². The summed E-state index contributed by atoms with van der Waals surface area (Å²) in [6, 6.07) is 23.5. The van der Waals surface area contributed by atoms with Crippen molar-refractivity contribution >= 4 is 23.2 Å². The zero-order valence-electron chi connectivity index (χ0n) is 19.0. The van der Waals surface area contributed by atoms with Crippen LogP contribution in [0.15, 0.2) is 91.3 Å². The molecule has 0 fully saturated rings. The zero-order valence-corrected chi connectivity index (χ0v) is 19.0. The highest BCUT2D eigenvalue weighted by atomic mass is 16.5. The summed E-state index contributed by atoms with van der Waals surface area (Å²) in [7, 11) is 0. The Morgan fingerprint density at radius 3 is 2.03 bits per heavy atom. The number of amides is 2. The fourth-order valence-corrected chi connectivity index (χ4v) is 3.62. The molecule has 2 amide bonds. The third-order valence-corrected chi connectivity index (χ3v) is 5.24. The summed E-state index contributed by atoms with van der Waals surface area (Å²) < 4.78 is 5.98. The van der Waals surface area contributed by atoms with E-state index in [1.807, 2.05) is 56.3 Å². The number of aryl methyl sites for hydroxylation is 2. The number of rotatable bonds is 7. The van der Waals surface area contributed by atoms with Crippen molar-refractivity contribution in [3.63, 3.8) is 0 Å². The molecule has 1 heterocycles. The van der Waals surface area contributed by atoms with Gasteiger partial charge in [-0.3, -0.25) is 14.6 Å². The number of benzene rings is 3. The van der Waals surface area contributed by atoms with Gasteiger partial charge in [0.25, 0.3) is 11.8 Å². The minimum absolute atomic E-state index is 0.211. The highest BCUT2D eigenvalue weighted by Crippen LogP contribution is 2.26. The van der Waals surface area contributed by atoms with Crippen LogP contribution in [0.25, 0.3) is 0 Å². The SMILES string of the molecule is Cc1cc(C(=O)Nc2cccc(NC(=O)c3ccccc3)c2)cc(C)c1OCc1cccnc1. The number of nitrogens with one attached hydrogen (secondary N) is 2. The second kappa shape index (κ2) is 10.4. The van der Waals surface area contributed by atoms with Gasteiger partial charge < -0.3 is 15.4 Å². The lowest BCUT2D eigenvalue weighted by atomic mass is 10.0. The first kappa shape index (κ1) is 22.7. The molecule has 0 aliphatic heterocycles. The Balaban J connectivity index is 1.43. The molecular weight excluding hydrogens is 426 g/mol. The Morgan fingerprint density at radius 2 is 1.41 bits per heavy atom. The quantitative estimate of drug-likeness (QED) is 0.373. The lowest BCUT2D eigenvalue weighted by molar-refractivity contribution is 0.101. The lowest BCUT2D eigenvalue weighted by Gasteiger charge is -2.14. The van der Waals surface area contributed by atoms with Gasteiger partial charge in [-0.2, -0.15) is 0 Å². The maximum absolute atomic E-state index is 12.9. The minimum Gasteiger partial charge on any atom is -0.488 e. The monoisotopic (exact) mass is 451 g/mol. The molecule has 4 rings (SSSR count). The molecule has 1 aromatic heterocycles. The van der Waals surface area contributed by atoms with Crippen molar-refractivity contribution in [2.75, 3.05) is 10.6 Å². The van der Waals surface area contributed by atoms with Gasteiger partial charge >= 0.3 is 0 Å². The van der Waals surface area contributed by atoms with Crippen molar-refractivity contribution in [1.29, 1.82) is 0 Å². The molecule has 2 N–H and O–H groups in total. The topological polar surface area (TPSA) is 80.3 Å². The second-order valence-corrected chi connectivity index (χ2v) is 7.94. The van der Waals surface area contributed by atoms with Gasteiger partial charge in [-0.15, -0.1) is 0 Å². The van der Waals surface area contributed by atoms with Crippen LogP contribution < -0.4 is 15.4 Å². The molecule has 0 unspecified atom stereocenters. The van der Waals surface area contributed by atoms with Crippen molar-refractivity contribution in [1.82, 2.24) is 4.98 Å². The summed E-state index contributed by atoms with van der Waals surface area (Å²) in [5, 5.41) is 5.76. The standard InChI is InChI=1S/C28H25N3O3/c1-19-14-23(15-20(2)26(19)34-18-21-8-7-13-29-17-21)28(33)31-25-12-6-11-24(16-25)30-27(32)22-9-4-3-5-10-22/h3-17H,18H2,1-2H3,(H,30,32)(H,31,33). The summed E-state index contributed by atoms with van der Waals surface area (Å²) in [6.07, 6.45) is 3.49. The molecule has 0 bridgehead atoms. The van der Waals surface area contributed by atoms with Gasteiger partial charge in [0.15, 0.2) is 0 Å². The highest BCUT2D eigenvalue weighted by molar-refractivity contribution is 6.06. The van der Waals surface area contributed by atoms with Gasteiger partial charge in [0.05, 0.1) is 0 Å². The Kier molecular flexibility index (Phi) is 6.98. The molecule has 6 heteroatoms. The molecule has 3 aromatic carbocycles. The third-order valence-electron chi connectivity index (χ3n) is 5.24. The van der Waals surface area contributed by atoms with Gasteiger partial charge in [0.1, 0.15) is 12.4 Å². The van der Waals surface area contributed by atoms with E-state index in [4.69, 9.17) is 4.74 Å². The zero-order chi connectivity index (χ0) is 23.9. The predicted molar refractivity (Wildman–Crippen MR) is 133 cm³/mol. The fraction of sp³-hybridized carbons (Fsp3) is 0.107. The molecule has 0 aliphatic carbocycles. The highest BCUT2D eigenvalue weighted by Gasteiger charge is 2.13. The number of anilines is 2. The van der Waals surface area contributed by atoms with Crippen LogP contribution in [0.2, 0.25) is 0 Å². The summed E-state index contributed by atoms with van der Waals surface area (Å²) in [5.41, 5.74) is 5.00. The number of aromatic nitrogens is 1. The molecule has 4 aromatic rings. The van der Waals surface area contributed by atoms with Crippen LogP contribution in [0.4, 0.5) is 11.4 Å². The van der Waals surface area contributed by atoms with Crippen LogP contribution in [0.3, 0.4) is 0 Å². The van der Waals surface area contributed by atoms with Crippen LogP contribution in [-0.2, 0) is 6.61 Å². The first-order chi connectivity index (χ1) is 16.5. The van der Waals surface area contributed by atoms with Crippen LogP contribution in [-0.4, -0.2) is 16.8 Å². The first-order valence-corrected chi connectivity index (χ1v) is 10.9. The molecule has 0 spiro atoms. The Labute approximate surface area is 198 Å². The Hall–Kier alpha value is -4.45. The van der Waals surface area contributed by atoms with E-state index in [9.17, 15) is 9.59 Å². The molecular formula is C28H25N3O3. The second-order valence-electron chi connectivity index (χ2n) is 7.94. The van der Waals surface area contributed by atoms with E-state index in [2.05, 4.69) is 15.6 Å². The van der Waals surface area contributed by atoms with Crippen LogP contribution in [0.5, 0.6) is 5.75 Å². The number of nitrogens with zero attached hydrogens (tertiary/aromatic N) is 1. The molecule has 34 heavy (non-hydrogen) atoms. The van der Waals surface area contributed by atoms with Crippen molar-refractivity contribution in [2.24, 2.45) is 0 Å². The van der Waals surface area contributed by atoms with E-state index in [0.29, 0.717) is 29.1 Å². The van der Waals surface area contributed by atoms with E-state index in [1.54, 1.807) is 48.8 Å². The van der Waals surface area contributed by atoms with Gasteiger partial charge in [-0.1, -0.05) is 30.3 Å². The predicted octanol–water partition coefficient (Wildman–Crippen LogP) is 5.78. The third kappa shape index (κ3) is 5.66. The normalized spacial score (nSPS) is 10.4. The minimum atomic E-state index is -0.239. The summed E-state index contributed by atoms with van der Waals surface area (Å²) in [6.45, 7) is 4.24. The maximum atomic E-state index is 12.9. The smallest absolute Gasteiger partial charge is 0.255 e. The van der Waals surface area contributed by atoms with E-state index in [1.165, 1.54) is 0 Å². The Morgan fingerprint density at radius 1 is 0.765 bits per heavy atom. The molecule has 0 radical (unpaired) electrons. The maximum Gasteiger partial charge on any atom is 0.255 e. The van der Waals surface area contributed by atoms with Crippen LogP contribution >= 0.6 is 0 Å². The summed E-state index contributed by atoms with van der Waals surface area (Å²) in [4.78, 5) is 29.4. The fourth-order valence-electron chi connectivity index (χ4n) is 3.62. The van der Waals surface area contributed by atoms with Gasteiger partial charge in [0.2, 0.25) is 0 Å². The molecule has 6 nitrogen and oxygen atoms in total. The summed E-state index contributed by atoms with van der Waals surface area (Å²) in [5.74, 6) is 0.305. The molecule has 0 saturated carbocycles. The van der Waals surface area contributed by atoms with Crippen LogP contribution in [0, 0.1) is 13.8 Å². The summed E-state index contributed by atoms with van der Waals surface area (Å²) >= 11 is 0. The Bertz CT molecular complexity index is 1280. The molecule has 0 aliphatic rings. The average molecular weight is 452 g/mol. The van der Waals surface area contributed by atoms with Crippen LogP contribution in [0.1, 0.15) is 37.4 Å². The van der Waals surface area contributed by atoms with E-state index in [-0.39, 0.29) is 11.8 Å². The average Bonchev–Trinajstić information content (AvgIpc) is 2.85. The number of hydrogen-bond donors (Lipinski definition) is 2. The van der Waals surface area contributed by atoms with Gasteiger partial charge in [0, 0.05) is 40.5 Å². The van der Waals surface area contributed by atoms with Crippen molar-refractivity contribution in [2.45, 2.75) is 20.5 Å². The largest absolute Gasteiger partial charge is 0.488 e. The van der Waals surface area contributed by atoms with E-state index in [0.717, 1.165) is 22.4 Å². The van der Waals surface area contributed by atoms with Crippen molar-refractivity contribution < 1.29 is 14.3 Å². The number of pyridine rings is 1. The lowest BCUT2D eigenvalue weighted by Crippen LogP contribution is -2.14. The van der Waals surface area contributed by atoms with Gasteiger partial charge in [-0.25, -0.2) is 0 Å². The number of ether oxygens (including phenoxy) is 1. The molecule has 170 valence electrons. The number of carbonyl (C=O) groups excluding carboxylic acids is 2. The number of carbonyl (C=O) groups is 2. The van der Waals surface area contributed by atoms with E-state index < -0.39 is 0 Å². The van der Waals surface area contributed by atoms with Gasteiger partial charge in [-0.05, 0) is 73.5 Å². The first-order valence-electron chi connectivity index (χ1n) is 10.9. The molecule has 0 atom stereocenters. The van der Waals surface area contributed by atoms with E-state index >= 15 is 0 Å². The number of hydrogen-bond acceptors (Lipinski definition) is 4.